The molecule has 1 aromatic carbocycles. The van der Waals surface area contributed by atoms with Gasteiger partial charge in [0.25, 0.3) is 0 Å². The Hall–Kier alpha value is -2.36. The quantitative estimate of drug-likeness (QED) is 0.709. The van der Waals surface area contributed by atoms with Gasteiger partial charge in [-0.2, -0.15) is 0 Å². The van der Waals surface area contributed by atoms with E-state index in [0.717, 1.165) is 16.6 Å². The number of nitrogens with zero attached hydrogens (tertiary/aromatic N) is 2. The van der Waals surface area contributed by atoms with Crippen LogP contribution in [-0.4, -0.2) is 9.97 Å². The molecule has 2 heterocycles. The van der Waals surface area contributed by atoms with Crippen LogP contribution < -0.4 is 5.73 Å². The Morgan fingerprint density at radius 2 is 2.11 bits per heavy atom. The second-order valence-corrected chi connectivity index (χ2v) is 4.87. The summed E-state index contributed by atoms with van der Waals surface area (Å²) in [6, 6.07) is 7.75. The third-order valence-corrected chi connectivity index (χ3v) is 3.12. The number of oxazole rings is 1. The Kier molecular flexibility index (Phi) is 2.71. The summed E-state index contributed by atoms with van der Waals surface area (Å²) < 4.78 is 5.74. The SMILES string of the molecule is CC(C)c1cc(N)c2oc(-c3cccnc3)nc2c1. The first kappa shape index (κ1) is 11.7. The maximum atomic E-state index is 6.04. The van der Waals surface area contributed by atoms with Crippen molar-refractivity contribution in [2.24, 2.45) is 0 Å². The lowest BCUT2D eigenvalue weighted by Gasteiger charge is -2.05. The maximum Gasteiger partial charge on any atom is 0.228 e. The normalized spacial score (nSPS) is 11.3. The van der Waals surface area contributed by atoms with Gasteiger partial charge in [-0.1, -0.05) is 13.8 Å². The highest BCUT2D eigenvalue weighted by Gasteiger charge is 2.13. The molecule has 4 heteroatoms. The van der Waals surface area contributed by atoms with E-state index in [1.165, 1.54) is 0 Å². The molecule has 2 aromatic heterocycles. The fourth-order valence-electron chi connectivity index (χ4n) is 2.03. The minimum atomic E-state index is 0.408. The van der Waals surface area contributed by atoms with Gasteiger partial charge in [-0.05, 0) is 35.7 Å². The number of hydrogen-bond donors (Lipinski definition) is 1. The van der Waals surface area contributed by atoms with Crippen LogP contribution in [0.15, 0.2) is 41.1 Å². The summed E-state index contributed by atoms with van der Waals surface area (Å²) in [7, 11) is 0. The number of rotatable bonds is 2. The molecule has 0 atom stereocenters. The first-order chi connectivity index (χ1) is 9.15. The standard InChI is InChI=1S/C15H15N3O/c1-9(2)11-6-12(16)14-13(7-11)18-15(19-14)10-4-3-5-17-8-10/h3-9H,16H2,1-2H3. The van der Waals surface area contributed by atoms with Crippen LogP contribution in [-0.2, 0) is 0 Å². The zero-order chi connectivity index (χ0) is 13.4. The Morgan fingerprint density at radius 1 is 1.26 bits per heavy atom. The van der Waals surface area contributed by atoms with Crippen LogP contribution in [0.3, 0.4) is 0 Å². The largest absolute Gasteiger partial charge is 0.434 e. The summed E-state index contributed by atoms with van der Waals surface area (Å²) in [4.78, 5) is 8.57. The molecule has 0 unspecified atom stereocenters. The molecule has 96 valence electrons. The lowest BCUT2D eigenvalue weighted by molar-refractivity contribution is 0.620. The van der Waals surface area contributed by atoms with Gasteiger partial charge in [0, 0.05) is 12.4 Å². The van der Waals surface area contributed by atoms with Crippen molar-refractivity contribution in [2.45, 2.75) is 19.8 Å². The number of fused-ring (bicyclic) bond motifs is 1. The Morgan fingerprint density at radius 3 is 2.79 bits per heavy atom. The highest BCUT2D eigenvalue weighted by Crippen LogP contribution is 2.30. The van der Waals surface area contributed by atoms with E-state index in [4.69, 9.17) is 10.2 Å². The predicted molar refractivity (Wildman–Crippen MR) is 75.7 cm³/mol. The fourth-order valence-corrected chi connectivity index (χ4v) is 2.03. The molecule has 0 saturated heterocycles. The summed E-state index contributed by atoms with van der Waals surface area (Å²) in [6.45, 7) is 4.26. The van der Waals surface area contributed by atoms with E-state index < -0.39 is 0 Å². The van der Waals surface area contributed by atoms with Crippen molar-refractivity contribution in [3.63, 3.8) is 0 Å². The van der Waals surface area contributed by atoms with Crippen molar-refractivity contribution in [3.8, 4) is 11.5 Å². The molecule has 19 heavy (non-hydrogen) atoms. The van der Waals surface area contributed by atoms with E-state index in [2.05, 4.69) is 23.8 Å². The number of pyridine rings is 1. The average Bonchev–Trinajstić information content (AvgIpc) is 2.84. The Labute approximate surface area is 111 Å². The molecule has 0 bridgehead atoms. The van der Waals surface area contributed by atoms with Gasteiger partial charge in [0.1, 0.15) is 5.52 Å². The average molecular weight is 253 g/mol. The van der Waals surface area contributed by atoms with Crippen molar-refractivity contribution in [3.05, 3.63) is 42.2 Å². The first-order valence-corrected chi connectivity index (χ1v) is 6.25. The maximum absolute atomic E-state index is 6.04. The summed E-state index contributed by atoms with van der Waals surface area (Å²) >= 11 is 0. The van der Waals surface area contributed by atoms with Crippen molar-refractivity contribution < 1.29 is 4.42 Å². The van der Waals surface area contributed by atoms with Crippen molar-refractivity contribution >= 4 is 16.8 Å². The van der Waals surface area contributed by atoms with Crippen LogP contribution in [0.1, 0.15) is 25.3 Å². The van der Waals surface area contributed by atoms with E-state index in [0.29, 0.717) is 23.1 Å². The van der Waals surface area contributed by atoms with Gasteiger partial charge in [0.05, 0.1) is 11.3 Å². The van der Waals surface area contributed by atoms with Gasteiger partial charge in [-0.15, -0.1) is 0 Å². The van der Waals surface area contributed by atoms with Crippen LogP contribution in [0.5, 0.6) is 0 Å². The van der Waals surface area contributed by atoms with Crippen LogP contribution in [0.2, 0.25) is 0 Å². The Bertz CT molecular complexity index is 717. The lowest BCUT2D eigenvalue weighted by atomic mass is 10.0. The molecule has 0 fully saturated rings. The molecule has 0 amide bonds. The van der Waals surface area contributed by atoms with E-state index in [1.54, 1.807) is 12.4 Å². The van der Waals surface area contributed by atoms with Gasteiger partial charge in [0.2, 0.25) is 5.89 Å². The topological polar surface area (TPSA) is 64.9 Å². The monoisotopic (exact) mass is 253 g/mol. The second kappa shape index (κ2) is 4.39. The van der Waals surface area contributed by atoms with Gasteiger partial charge >= 0.3 is 0 Å². The molecule has 0 aliphatic carbocycles. The van der Waals surface area contributed by atoms with Gasteiger partial charge < -0.3 is 10.2 Å². The molecular formula is C15H15N3O. The van der Waals surface area contributed by atoms with E-state index >= 15 is 0 Å². The van der Waals surface area contributed by atoms with E-state index in [1.807, 2.05) is 24.3 Å². The molecular weight excluding hydrogens is 238 g/mol. The van der Waals surface area contributed by atoms with Crippen molar-refractivity contribution in [2.75, 3.05) is 5.73 Å². The van der Waals surface area contributed by atoms with Crippen molar-refractivity contribution in [1.29, 1.82) is 0 Å². The number of nitrogens with two attached hydrogens (primary N) is 1. The lowest BCUT2D eigenvalue weighted by Crippen LogP contribution is -1.92. The summed E-state index contributed by atoms with van der Waals surface area (Å²) in [5.74, 6) is 0.959. The van der Waals surface area contributed by atoms with Gasteiger partial charge in [-0.25, -0.2) is 4.98 Å². The molecule has 2 N–H and O–H groups in total. The third-order valence-electron chi connectivity index (χ3n) is 3.12. The molecule has 0 spiro atoms. The molecule has 0 saturated carbocycles. The molecule has 0 aliphatic heterocycles. The molecule has 0 aliphatic rings. The van der Waals surface area contributed by atoms with E-state index in [9.17, 15) is 0 Å². The summed E-state index contributed by atoms with van der Waals surface area (Å²) in [6.07, 6.45) is 3.45. The molecule has 3 aromatic rings. The smallest absolute Gasteiger partial charge is 0.228 e. The zero-order valence-corrected chi connectivity index (χ0v) is 10.9. The van der Waals surface area contributed by atoms with Crippen LogP contribution >= 0.6 is 0 Å². The first-order valence-electron chi connectivity index (χ1n) is 6.25. The molecule has 3 rings (SSSR count). The number of hydrogen-bond acceptors (Lipinski definition) is 4. The van der Waals surface area contributed by atoms with Crippen LogP contribution in [0, 0.1) is 0 Å². The summed E-state index contributed by atoms with van der Waals surface area (Å²) in [5.41, 5.74) is 10.1. The third kappa shape index (κ3) is 2.05. The molecule has 0 radical (unpaired) electrons. The Balaban J connectivity index is 2.18. The highest BCUT2D eigenvalue weighted by molar-refractivity contribution is 5.87. The second-order valence-electron chi connectivity index (χ2n) is 4.87. The highest BCUT2D eigenvalue weighted by atomic mass is 16.3. The van der Waals surface area contributed by atoms with Crippen molar-refractivity contribution in [1.82, 2.24) is 9.97 Å². The number of anilines is 1. The minimum Gasteiger partial charge on any atom is -0.434 e. The zero-order valence-electron chi connectivity index (χ0n) is 10.9. The number of aromatic nitrogens is 2. The predicted octanol–water partition coefficient (Wildman–Crippen LogP) is 3.60. The molecule has 4 nitrogen and oxygen atoms in total. The van der Waals surface area contributed by atoms with Gasteiger partial charge in [0.15, 0.2) is 5.58 Å². The fraction of sp³-hybridized carbons (Fsp3) is 0.200. The number of benzene rings is 1. The number of nitrogen functional groups attached to an aromatic ring is 1. The van der Waals surface area contributed by atoms with Gasteiger partial charge in [-0.3, -0.25) is 4.98 Å². The minimum absolute atomic E-state index is 0.408. The van der Waals surface area contributed by atoms with Crippen LogP contribution in [0.25, 0.3) is 22.6 Å². The summed E-state index contributed by atoms with van der Waals surface area (Å²) in [5, 5.41) is 0. The van der Waals surface area contributed by atoms with Crippen LogP contribution in [0.4, 0.5) is 5.69 Å². The van der Waals surface area contributed by atoms with E-state index in [-0.39, 0.29) is 0 Å².